The Hall–Kier alpha value is -0.830. The van der Waals surface area contributed by atoms with Crippen molar-refractivity contribution in [3.63, 3.8) is 0 Å². The number of ether oxygens (including phenoxy) is 1. The largest absolute Gasteiger partial charge is 0.372 e. The summed E-state index contributed by atoms with van der Waals surface area (Å²) in [4.78, 5) is 11.3. The minimum absolute atomic E-state index is 0.0220. The SMILES string of the molecule is COC(C)C(=O)NC1CC=CC1. The molecule has 0 aromatic rings. The van der Waals surface area contributed by atoms with Gasteiger partial charge in [0.1, 0.15) is 6.10 Å². The van der Waals surface area contributed by atoms with Crippen LogP contribution >= 0.6 is 0 Å². The van der Waals surface area contributed by atoms with Crippen LogP contribution in [0.3, 0.4) is 0 Å². The van der Waals surface area contributed by atoms with E-state index in [1.54, 1.807) is 6.92 Å². The predicted molar refractivity (Wildman–Crippen MR) is 46.8 cm³/mol. The van der Waals surface area contributed by atoms with E-state index in [4.69, 9.17) is 4.74 Å². The van der Waals surface area contributed by atoms with Crippen LogP contribution in [0, 0.1) is 0 Å². The molecule has 0 radical (unpaired) electrons. The number of nitrogens with one attached hydrogen (secondary N) is 1. The van der Waals surface area contributed by atoms with Crippen molar-refractivity contribution in [2.75, 3.05) is 7.11 Å². The molecular formula is C9H15NO2. The van der Waals surface area contributed by atoms with Crippen LogP contribution in [0.2, 0.25) is 0 Å². The van der Waals surface area contributed by atoms with E-state index in [1.807, 2.05) is 0 Å². The van der Waals surface area contributed by atoms with Crippen molar-refractivity contribution in [3.8, 4) is 0 Å². The topological polar surface area (TPSA) is 38.3 Å². The van der Waals surface area contributed by atoms with Crippen molar-refractivity contribution in [1.29, 1.82) is 0 Å². The molecule has 0 saturated heterocycles. The average molecular weight is 169 g/mol. The van der Waals surface area contributed by atoms with Gasteiger partial charge >= 0.3 is 0 Å². The molecule has 0 bridgehead atoms. The summed E-state index contributed by atoms with van der Waals surface area (Å²) in [6.07, 6.45) is 5.72. The van der Waals surface area contributed by atoms with E-state index in [9.17, 15) is 4.79 Å². The molecule has 1 aliphatic carbocycles. The summed E-state index contributed by atoms with van der Waals surface area (Å²) in [7, 11) is 1.54. The lowest BCUT2D eigenvalue weighted by Crippen LogP contribution is -2.39. The third kappa shape index (κ3) is 2.34. The molecule has 0 spiro atoms. The van der Waals surface area contributed by atoms with Crippen molar-refractivity contribution < 1.29 is 9.53 Å². The Morgan fingerprint density at radius 3 is 2.67 bits per heavy atom. The van der Waals surface area contributed by atoms with Gasteiger partial charge in [-0.25, -0.2) is 0 Å². The van der Waals surface area contributed by atoms with Gasteiger partial charge in [-0.1, -0.05) is 12.2 Å². The van der Waals surface area contributed by atoms with Crippen LogP contribution in [0.15, 0.2) is 12.2 Å². The summed E-state index contributed by atoms with van der Waals surface area (Å²) in [5, 5.41) is 2.90. The fraction of sp³-hybridized carbons (Fsp3) is 0.667. The highest BCUT2D eigenvalue weighted by atomic mass is 16.5. The predicted octanol–water partition coefficient (Wildman–Crippen LogP) is 0.856. The lowest BCUT2D eigenvalue weighted by Gasteiger charge is -2.15. The van der Waals surface area contributed by atoms with Crippen molar-refractivity contribution in [2.45, 2.75) is 31.9 Å². The molecule has 68 valence electrons. The van der Waals surface area contributed by atoms with Gasteiger partial charge in [0, 0.05) is 13.2 Å². The number of amides is 1. The maximum Gasteiger partial charge on any atom is 0.249 e. The van der Waals surface area contributed by atoms with Gasteiger partial charge in [0.2, 0.25) is 5.91 Å². The zero-order chi connectivity index (χ0) is 8.97. The standard InChI is InChI=1S/C9H15NO2/c1-7(12-2)9(11)10-8-5-3-4-6-8/h3-4,7-8H,5-6H2,1-2H3,(H,10,11). The minimum Gasteiger partial charge on any atom is -0.372 e. The zero-order valence-electron chi connectivity index (χ0n) is 7.54. The first-order chi connectivity index (χ1) is 5.74. The van der Waals surface area contributed by atoms with Crippen LogP contribution in [-0.2, 0) is 9.53 Å². The molecule has 1 amide bonds. The molecule has 0 fully saturated rings. The molecule has 0 heterocycles. The molecule has 3 nitrogen and oxygen atoms in total. The summed E-state index contributed by atoms with van der Waals surface area (Å²) >= 11 is 0. The molecule has 0 saturated carbocycles. The van der Waals surface area contributed by atoms with E-state index in [1.165, 1.54) is 7.11 Å². The van der Waals surface area contributed by atoms with Crippen LogP contribution in [0.1, 0.15) is 19.8 Å². The van der Waals surface area contributed by atoms with Crippen LogP contribution in [-0.4, -0.2) is 25.2 Å². The van der Waals surface area contributed by atoms with Gasteiger partial charge in [-0.2, -0.15) is 0 Å². The highest BCUT2D eigenvalue weighted by molar-refractivity contribution is 5.80. The fourth-order valence-electron chi connectivity index (χ4n) is 1.16. The van der Waals surface area contributed by atoms with Crippen molar-refractivity contribution in [1.82, 2.24) is 5.32 Å². The maximum absolute atomic E-state index is 11.3. The molecule has 12 heavy (non-hydrogen) atoms. The number of carbonyl (C=O) groups excluding carboxylic acids is 1. The Labute approximate surface area is 72.8 Å². The molecule has 0 aromatic heterocycles. The second-order valence-electron chi connectivity index (χ2n) is 3.03. The summed E-state index contributed by atoms with van der Waals surface area (Å²) in [6.45, 7) is 1.75. The first-order valence-electron chi connectivity index (χ1n) is 4.22. The van der Waals surface area contributed by atoms with Crippen LogP contribution in [0.5, 0.6) is 0 Å². The maximum atomic E-state index is 11.3. The van der Waals surface area contributed by atoms with Crippen LogP contribution in [0.4, 0.5) is 0 Å². The first-order valence-corrected chi connectivity index (χ1v) is 4.22. The summed E-state index contributed by atoms with van der Waals surface area (Å²) in [5.74, 6) is -0.0220. The van der Waals surface area contributed by atoms with Crippen molar-refractivity contribution >= 4 is 5.91 Å². The van der Waals surface area contributed by atoms with E-state index < -0.39 is 0 Å². The Bertz CT molecular complexity index is 181. The monoisotopic (exact) mass is 169 g/mol. The van der Waals surface area contributed by atoms with E-state index in [-0.39, 0.29) is 18.1 Å². The zero-order valence-corrected chi connectivity index (χ0v) is 7.54. The van der Waals surface area contributed by atoms with Gasteiger partial charge in [-0.05, 0) is 19.8 Å². The van der Waals surface area contributed by atoms with Gasteiger partial charge in [0.05, 0.1) is 0 Å². The molecule has 0 aliphatic heterocycles. The Morgan fingerprint density at radius 2 is 2.17 bits per heavy atom. The number of hydrogen-bond acceptors (Lipinski definition) is 2. The van der Waals surface area contributed by atoms with Gasteiger partial charge in [-0.15, -0.1) is 0 Å². The Morgan fingerprint density at radius 1 is 1.58 bits per heavy atom. The minimum atomic E-state index is -0.342. The third-order valence-corrected chi connectivity index (χ3v) is 2.08. The van der Waals surface area contributed by atoms with E-state index in [0.717, 1.165) is 12.8 Å². The van der Waals surface area contributed by atoms with Crippen molar-refractivity contribution in [2.24, 2.45) is 0 Å². The number of methoxy groups -OCH3 is 1. The summed E-state index contributed by atoms with van der Waals surface area (Å²) < 4.78 is 4.89. The van der Waals surface area contributed by atoms with Crippen LogP contribution < -0.4 is 5.32 Å². The van der Waals surface area contributed by atoms with Gasteiger partial charge in [0.25, 0.3) is 0 Å². The summed E-state index contributed by atoms with van der Waals surface area (Å²) in [5.41, 5.74) is 0. The summed E-state index contributed by atoms with van der Waals surface area (Å²) in [6, 6.07) is 0.287. The van der Waals surface area contributed by atoms with Gasteiger partial charge in [-0.3, -0.25) is 4.79 Å². The number of rotatable bonds is 3. The Balaban J connectivity index is 2.26. The fourth-order valence-corrected chi connectivity index (χ4v) is 1.16. The van der Waals surface area contributed by atoms with Gasteiger partial charge < -0.3 is 10.1 Å². The van der Waals surface area contributed by atoms with E-state index >= 15 is 0 Å². The Kier molecular flexibility index (Phi) is 3.29. The lowest BCUT2D eigenvalue weighted by atomic mass is 10.2. The smallest absolute Gasteiger partial charge is 0.249 e. The van der Waals surface area contributed by atoms with Crippen LogP contribution in [0.25, 0.3) is 0 Å². The highest BCUT2D eigenvalue weighted by Gasteiger charge is 2.17. The molecule has 1 atom stereocenters. The molecule has 1 unspecified atom stereocenters. The number of carbonyl (C=O) groups is 1. The number of hydrogen-bond donors (Lipinski definition) is 1. The normalized spacial score (nSPS) is 19.5. The second kappa shape index (κ2) is 4.26. The van der Waals surface area contributed by atoms with Crippen molar-refractivity contribution in [3.05, 3.63) is 12.2 Å². The van der Waals surface area contributed by atoms with E-state index in [2.05, 4.69) is 17.5 Å². The first kappa shape index (κ1) is 9.26. The molecule has 3 heteroatoms. The molecule has 1 rings (SSSR count). The lowest BCUT2D eigenvalue weighted by molar-refractivity contribution is -0.130. The molecular weight excluding hydrogens is 154 g/mol. The third-order valence-electron chi connectivity index (χ3n) is 2.08. The molecule has 0 aromatic carbocycles. The highest BCUT2D eigenvalue weighted by Crippen LogP contribution is 2.09. The molecule has 1 N–H and O–H groups in total. The van der Waals surface area contributed by atoms with E-state index in [0.29, 0.717) is 0 Å². The quantitative estimate of drug-likeness (QED) is 0.636. The van der Waals surface area contributed by atoms with Gasteiger partial charge in [0.15, 0.2) is 0 Å². The second-order valence-corrected chi connectivity index (χ2v) is 3.03. The molecule has 1 aliphatic rings. The average Bonchev–Trinajstić information content (AvgIpc) is 2.55.